The van der Waals surface area contributed by atoms with Gasteiger partial charge in [0.05, 0.1) is 13.2 Å². The molecular formula is C23H33O4P. The molecule has 1 N–H and O–H groups in total. The van der Waals surface area contributed by atoms with Gasteiger partial charge in [-0.05, 0) is 49.2 Å². The molecule has 0 heterocycles. The van der Waals surface area contributed by atoms with Crippen LogP contribution in [0.25, 0.3) is 0 Å². The van der Waals surface area contributed by atoms with Crippen molar-refractivity contribution in [3.8, 4) is 11.5 Å². The van der Waals surface area contributed by atoms with Crippen molar-refractivity contribution < 1.29 is 19.3 Å². The van der Waals surface area contributed by atoms with E-state index in [1.165, 1.54) is 10.9 Å². The fraction of sp³-hybridized carbons (Fsp3) is 0.478. The molecule has 0 amide bonds. The molecule has 2 unspecified atom stereocenters. The van der Waals surface area contributed by atoms with Crippen molar-refractivity contribution in [1.29, 1.82) is 0 Å². The Hall–Kier alpha value is -1.61. The van der Waals surface area contributed by atoms with E-state index < -0.39 is 6.10 Å². The SMILES string of the molecule is CCC(CC)(Pc1c(C)cccc1C(C)O)c1cccc(OC)c1OCOC. The van der Waals surface area contributed by atoms with Crippen molar-refractivity contribution in [2.75, 3.05) is 21.0 Å². The minimum atomic E-state index is -0.497. The number of hydrogen-bond acceptors (Lipinski definition) is 4. The molecule has 2 aromatic rings. The van der Waals surface area contributed by atoms with E-state index in [0.717, 1.165) is 29.7 Å². The lowest BCUT2D eigenvalue weighted by Crippen LogP contribution is -2.25. The van der Waals surface area contributed by atoms with Gasteiger partial charge < -0.3 is 19.3 Å². The van der Waals surface area contributed by atoms with Crippen molar-refractivity contribution in [1.82, 2.24) is 0 Å². The molecule has 2 rings (SSSR count). The Balaban J connectivity index is 2.63. The maximum Gasteiger partial charge on any atom is 0.188 e. The van der Waals surface area contributed by atoms with Gasteiger partial charge in [-0.1, -0.05) is 52.8 Å². The number of rotatable bonds is 10. The van der Waals surface area contributed by atoms with Gasteiger partial charge in [0.1, 0.15) is 0 Å². The predicted octanol–water partition coefficient (Wildman–Crippen LogP) is 5.06. The van der Waals surface area contributed by atoms with E-state index in [1.54, 1.807) is 14.2 Å². The molecule has 2 aromatic carbocycles. The van der Waals surface area contributed by atoms with E-state index >= 15 is 0 Å². The summed E-state index contributed by atoms with van der Waals surface area (Å²) in [5, 5.41) is 11.5. The molecule has 0 aliphatic rings. The zero-order chi connectivity index (χ0) is 20.7. The first-order chi connectivity index (χ1) is 13.4. The molecule has 0 fully saturated rings. The predicted molar refractivity (Wildman–Crippen MR) is 118 cm³/mol. The summed E-state index contributed by atoms with van der Waals surface area (Å²) < 4.78 is 16.7. The first kappa shape index (κ1) is 22.7. The van der Waals surface area contributed by atoms with E-state index in [1.807, 2.05) is 31.2 Å². The number of hydrogen-bond donors (Lipinski definition) is 1. The minimum Gasteiger partial charge on any atom is -0.493 e. The summed E-state index contributed by atoms with van der Waals surface area (Å²) in [5.41, 5.74) is 3.35. The van der Waals surface area contributed by atoms with E-state index in [-0.39, 0.29) is 11.9 Å². The molecule has 0 saturated carbocycles. The monoisotopic (exact) mass is 404 g/mol. The highest BCUT2D eigenvalue weighted by Crippen LogP contribution is 2.52. The summed E-state index contributed by atoms with van der Waals surface area (Å²) in [6.07, 6.45) is 1.40. The molecule has 0 radical (unpaired) electrons. The fourth-order valence-electron chi connectivity index (χ4n) is 3.64. The minimum absolute atomic E-state index is 0.118. The van der Waals surface area contributed by atoms with Gasteiger partial charge in [0.25, 0.3) is 0 Å². The maximum atomic E-state index is 10.3. The topological polar surface area (TPSA) is 47.9 Å². The fourth-order valence-corrected chi connectivity index (χ4v) is 5.52. The summed E-state index contributed by atoms with van der Waals surface area (Å²) in [4.78, 5) is 0. The van der Waals surface area contributed by atoms with Crippen molar-refractivity contribution in [3.05, 3.63) is 53.1 Å². The Labute approximate surface area is 171 Å². The highest BCUT2D eigenvalue weighted by atomic mass is 31.1. The van der Waals surface area contributed by atoms with Gasteiger partial charge in [-0.3, -0.25) is 0 Å². The van der Waals surface area contributed by atoms with E-state index in [0.29, 0.717) is 14.3 Å². The Morgan fingerprint density at radius 3 is 2.32 bits per heavy atom. The van der Waals surface area contributed by atoms with E-state index in [2.05, 4.69) is 32.9 Å². The third-order valence-corrected chi connectivity index (χ3v) is 7.75. The molecule has 0 spiro atoms. The van der Waals surface area contributed by atoms with Crippen LogP contribution >= 0.6 is 8.58 Å². The van der Waals surface area contributed by atoms with Crippen LogP contribution in [0.2, 0.25) is 0 Å². The number of aliphatic hydroxyl groups excluding tert-OH is 1. The van der Waals surface area contributed by atoms with Crippen LogP contribution in [0.4, 0.5) is 0 Å². The molecule has 0 aliphatic heterocycles. The number of ether oxygens (including phenoxy) is 3. The van der Waals surface area contributed by atoms with E-state index in [9.17, 15) is 5.11 Å². The lowest BCUT2D eigenvalue weighted by atomic mass is 9.91. The smallest absolute Gasteiger partial charge is 0.188 e. The Morgan fingerprint density at radius 2 is 1.75 bits per heavy atom. The lowest BCUT2D eigenvalue weighted by molar-refractivity contribution is 0.0479. The summed E-state index contributed by atoms with van der Waals surface area (Å²) in [6.45, 7) is 8.56. The van der Waals surface area contributed by atoms with Crippen molar-refractivity contribution in [2.45, 2.75) is 51.8 Å². The van der Waals surface area contributed by atoms with Gasteiger partial charge in [0.15, 0.2) is 18.3 Å². The summed E-state index contributed by atoms with van der Waals surface area (Å²) in [5.74, 6) is 1.46. The van der Waals surface area contributed by atoms with Crippen molar-refractivity contribution >= 4 is 13.9 Å². The van der Waals surface area contributed by atoms with Crippen LogP contribution < -0.4 is 14.8 Å². The standard InChI is InChI=1S/C23H33O4P/c1-7-23(8-2,28-22-16(3)11-9-12-18(22)17(4)24)19-13-10-14-20(26-6)21(19)27-15-25-5/h9-14,17,24,28H,7-8,15H2,1-6H3. The van der Waals surface area contributed by atoms with Gasteiger partial charge in [0.2, 0.25) is 0 Å². The molecule has 4 nitrogen and oxygen atoms in total. The normalized spacial score (nSPS) is 13.1. The zero-order valence-electron chi connectivity index (χ0n) is 17.8. The van der Waals surface area contributed by atoms with Crippen LogP contribution in [0, 0.1) is 6.92 Å². The number of methoxy groups -OCH3 is 2. The highest BCUT2D eigenvalue weighted by molar-refractivity contribution is 7.48. The second-order valence-electron chi connectivity index (χ2n) is 7.02. The number of benzene rings is 2. The van der Waals surface area contributed by atoms with Crippen LogP contribution in [0.3, 0.4) is 0 Å². The molecule has 154 valence electrons. The van der Waals surface area contributed by atoms with Crippen LogP contribution in [-0.2, 0) is 9.89 Å². The van der Waals surface area contributed by atoms with Crippen LogP contribution in [0.15, 0.2) is 36.4 Å². The van der Waals surface area contributed by atoms with Gasteiger partial charge in [-0.25, -0.2) is 0 Å². The largest absolute Gasteiger partial charge is 0.493 e. The number of para-hydroxylation sites is 1. The summed E-state index contributed by atoms with van der Waals surface area (Å²) >= 11 is 0. The van der Waals surface area contributed by atoms with Gasteiger partial charge in [0, 0.05) is 17.8 Å². The highest BCUT2D eigenvalue weighted by Gasteiger charge is 2.34. The third kappa shape index (κ3) is 4.68. The summed E-state index contributed by atoms with van der Waals surface area (Å²) in [7, 11) is 3.77. The Kier molecular flexibility index (Phi) is 8.30. The lowest BCUT2D eigenvalue weighted by Gasteiger charge is -2.36. The molecule has 2 atom stereocenters. The maximum absolute atomic E-state index is 10.3. The molecular weight excluding hydrogens is 371 g/mol. The zero-order valence-corrected chi connectivity index (χ0v) is 18.8. The molecule has 28 heavy (non-hydrogen) atoms. The third-order valence-electron chi connectivity index (χ3n) is 5.36. The Morgan fingerprint density at radius 1 is 1.07 bits per heavy atom. The average Bonchev–Trinajstić information content (AvgIpc) is 2.71. The molecule has 0 saturated heterocycles. The first-order valence-electron chi connectivity index (χ1n) is 9.79. The van der Waals surface area contributed by atoms with Gasteiger partial charge in [-0.2, -0.15) is 0 Å². The Bertz CT molecular complexity index is 769. The molecule has 0 aromatic heterocycles. The first-order valence-corrected chi connectivity index (χ1v) is 10.8. The van der Waals surface area contributed by atoms with Crippen LogP contribution in [0.1, 0.15) is 56.4 Å². The van der Waals surface area contributed by atoms with Crippen molar-refractivity contribution in [3.63, 3.8) is 0 Å². The van der Waals surface area contributed by atoms with Crippen molar-refractivity contribution in [2.24, 2.45) is 0 Å². The second-order valence-corrected chi connectivity index (χ2v) is 8.72. The second kappa shape index (κ2) is 10.2. The molecule has 0 bridgehead atoms. The quantitative estimate of drug-likeness (QED) is 0.444. The van der Waals surface area contributed by atoms with Crippen LogP contribution in [0.5, 0.6) is 11.5 Å². The number of aryl methyl sites for hydroxylation is 1. The molecule has 5 heteroatoms. The summed E-state index contributed by atoms with van der Waals surface area (Å²) in [6, 6.07) is 12.2. The number of aliphatic hydroxyl groups is 1. The molecule has 0 aliphatic carbocycles. The van der Waals surface area contributed by atoms with E-state index in [4.69, 9.17) is 14.2 Å². The average molecular weight is 404 g/mol. The van der Waals surface area contributed by atoms with Gasteiger partial charge >= 0.3 is 0 Å². The van der Waals surface area contributed by atoms with Gasteiger partial charge in [-0.15, -0.1) is 0 Å². The van der Waals surface area contributed by atoms with Crippen LogP contribution in [-0.4, -0.2) is 26.1 Å².